The molecule has 0 spiro atoms. The molecule has 1 saturated heterocycles. The van der Waals surface area contributed by atoms with Crippen LogP contribution in [0.4, 0.5) is 5.82 Å². The Hall–Kier alpha value is -3.88. The van der Waals surface area contributed by atoms with Crippen LogP contribution in [0.3, 0.4) is 0 Å². The van der Waals surface area contributed by atoms with E-state index in [1.54, 1.807) is 41.0 Å². The van der Waals surface area contributed by atoms with Crippen molar-refractivity contribution in [1.29, 1.82) is 0 Å². The molecule has 0 aliphatic carbocycles. The van der Waals surface area contributed by atoms with E-state index in [1.807, 2.05) is 0 Å². The summed E-state index contributed by atoms with van der Waals surface area (Å²) in [6.45, 7) is 1.51. The van der Waals surface area contributed by atoms with Gasteiger partial charge in [0.15, 0.2) is 5.82 Å². The van der Waals surface area contributed by atoms with Gasteiger partial charge in [0.2, 0.25) is 0 Å². The molecule has 29 heavy (non-hydrogen) atoms. The zero-order chi connectivity index (χ0) is 20.4. The van der Waals surface area contributed by atoms with E-state index in [1.165, 1.54) is 24.4 Å². The number of nitrogens with zero attached hydrogens (tertiary/aromatic N) is 4. The number of likely N-dealkylation sites (tertiary alicyclic amines) is 1. The fourth-order valence-electron chi connectivity index (χ4n) is 2.83. The van der Waals surface area contributed by atoms with Crippen LogP contribution in [0, 0.1) is 0 Å². The first-order chi connectivity index (χ1) is 14.0. The number of benzene rings is 1. The largest absolute Gasteiger partial charge is 0.508 e. The maximum absolute atomic E-state index is 12.4. The molecule has 1 fully saturated rings. The number of pyridine rings is 1. The van der Waals surface area contributed by atoms with Crippen LogP contribution in [0.25, 0.3) is 0 Å². The van der Waals surface area contributed by atoms with Gasteiger partial charge in [0.05, 0.1) is 6.20 Å². The SMILES string of the molecule is Cn1ccc(NC(=O)c2cc(O)cc(Oc3ccc(C(=O)N4CCC4)nc3)c2)n1. The summed E-state index contributed by atoms with van der Waals surface area (Å²) in [6, 6.07) is 9.09. The van der Waals surface area contributed by atoms with Crippen molar-refractivity contribution in [2.75, 3.05) is 18.4 Å². The summed E-state index contributed by atoms with van der Waals surface area (Å²) in [4.78, 5) is 30.4. The lowest BCUT2D eigenvalue weighted by Crippen LogP contribution is -2.42. The summed E-state index contributed by atoms with van der Waals surface area (Å²) >= 11 is 0. The van der Waals surface area contributed by atoms with E-state index in [0.29, 0.717) is 17.3 Å². The molecular formula is C20H19N5O4. The van der Waals surface area contributed by atoms with Crippen LogP contribution in [-0.2, 0) is 7.05 Å². The lowest BCUT2D eigenvalue weighted by atomic mass is 10.2. The molecule has 148 valence electrons. The summed E-state index contributed by atoms with van der Waals surface area (Å²) in [5, 5.41) is 16.7. The van der Waals surface area contributed by atoms with E-state index in [2.05, 4.69) is 15.4 Å². The van der Waals surface area contributed by atoms with Crippen LogP contribution in [0.2, 0.25) is 0 Å². The van der Waals surface area contributed by atoms with E-state index in [4.69, 9.17) is 4.74 Å². The quantitative estimate of drug-likeness (QED) is 0.689. The third-order valence-electron chi connectivity index (χ3n) is 4.44. The predicted octanol–water partition coefficient (Wildman–Crippen LogP) is 2.41. The highest BCUT2D eigenvalue weighted by atomic mass is 16.5. The number of rotatable bonds is 5. The van der Waals surface area contributed by atoms with Crippen molar-refractivity contribution in [2.45, 2.75) is 6.42 Å². The summed E-state index contributed by atoms with van der Waals surface area (Å²) < 4.78 is 7.26. The van der Waals surface area contributed by atoms with E-state index in [9.17, 15) is 14.7 Å². The van der Waals surface area contributed by atoms with Crippen molar-refractivity contribution in [2.24, 2.45) is 7.05 Å². The Kier molecular flexibility index (Phi) is 4.86. The number of aromatic hydroxyl groups is 1. The molecule has 0 bridgehead atoms. The first kappa shape index (κ1) is 18.5. The number of carbonyl (C=O) groups is 2. The molecule has 2 N–H and O–H groups in total. The van der Waals surface area contributed by atoms with Crippen molar-refractivity contribution >= 4 is 17.6 Å². The highest BCUT2D eigenvalue weighted by Gasteiger charge is 2.22. The Morgan fingerprint density at radius 3 is 2.59 bits per heavy atom. The fourth-order valence-corrected chi connectivity index (χ4v) is 2.83. The number of hydrogen-bond donors (Lipinski definition) is 2. The van der Waals surface area contributed by atoms with Crippen molar-refractivity contribution in [3.8, 4) is 17.2 Å². The standard InChI is InChI=1S/C20H19N5O4/c1-24-8-5-18(23-24)22-19(27)13-9-14(26)11-16(10-13)29-15-3-4-17(21-12-15)20(28)25-6-2-7-25/h3-5,8-12,26H,2,6-7H2,1H3,(H,22,23,27). The summed E-state index contributed by atoms with van der Waals surface area (Å²) in [5.41, 5.74) is 0.562. The molecule has 3 heterocycles. The minimum absolute atomic E-state index is 0.103. The number of nitrogens with one attached hydrogen (secondary N) is 1. The van der Waals surface area contributed by atoms with Crippen molar-refractivity contribution in [3.63, 3.8) is 0 Å². The number of amides is 2. The Balaban J connectivity index is 1.47. The molecule has 1 aliphatic heterocycles. The second-order valence-corrected chi connectivity index (χ2v) is 6.67. The van der Waals surface area contributed by atoms with Crippen molar-refractivity contribution in [1.82, 2.24) is 19.7 Å². The zero-order valence-corrected chi connectivity index (χ0v) is 15.7. The van der Waals surface area contributed by atoms with Crippen LogP contribution in [-0.4, -0.2) is 49.7 Å². The number of aromatic nitrogens is 3. The molecular weight excluding hydrogens is 374 g/mol. The van der Waals surface area contributed by atoms with Gasteiger partial charge >= 0.3 is 0 Å². The third-order valence-corrected chi connectivity index (χ3v) is 4.44. The van der Waals surface area contributed by atoms with E-state index in [-0.39, 0.29) is 23.0 Å². The number of phenolic OH excluding ortho intramolecular Hbond substituents is 1. The second kappa shape index (κ2) is 7.63. The summed E-state index contributed by atoms with van der Waals surface area (Å²) in [6.07, 6.45) is 4.15. The van der Waals surface area contributed by atoms with E-state index >= 15 is 0 Å². The molecule has 3 aromatic rings. The van der Waals surface area contributed by atoms with Gasteiger partial charge in [-0.05, 0) is 30.7 Å². The van der Waals surface area contributed by atoms with Gasteiger partial charge in [0.25, 0.3) is 11.8 Å². The molecule has 0 atom stereocenters. The maximum atomic E-state index is 12.4. The summed E-state index contributed by atoms with van der Waals surface area (Å²) in [5.74, 6) is 0.388. The van der Waals surface area contributed by atoms with Gasteiger partial charge in [-0.25, -0.2) is 4.98 Å². The highest BCUT2D eigenvalue weighted by Crippen LogP contribution is 2.27. The van der Waals surface area contributed by atoms with Crippen LogP contribution in [0.1, 0.15) is 27.3 Å². The Bertz CT molecular complexity index is 1060. The molecule has 0 saturated carbocycles. The third kappa shape index (κ3) is 4.18. The highest BCUT2D eigenvalue weighted by molar-refractivity contribution is 6.04. The van der Waals surface area contributed by atoms with Crippen LogP contribution in [0.5, 0.6) is 17.2 Å². The first-order valence-corrected chi connectivity index (χ1v) is 9.06. The van der Waals surface area contributed by atoms with E-state index < -0.39 is 5.91 Å². The van der Waals surface area contributed by atoms with Crippen molar-refractivity contribution in [3.05, 3.63) is 60.0 Å². The normalized spacial score (nSPS) is 12.9. The molecule has 2 aromatic heterocycles. The minimum Gasteiger partial charge on any atom is -0.508 e. The fraction of sp³-hybridized carbons (Fsp3) is 0.200. The second-order valence-electron chi connectivity index (χ2n) is 6.67. The van der Waals surface area contributed by atoms with Gasteiger partial charge in [-0.15, -0.1) is 0 Å². The van der Waals surface area contributed by atoms with Gasteiger partial charge in [-0.1, -0.05) is 0 Å². The smallest absolute Gasteiger partial charge is 0.272 e. The average molecular weight is 393 g/mol. The lowest BCUT2D eigenvalue weighted by molar-refractivity contribution is 0.0645. The molecule has 1 aromatic carbocycles. The monoisotopic (exact) mass is 393 g/mol. The molecule has 9 nitrogen and oxygen atoms in total. The minimum atomic E-state index is -0.432. The Morgan fingerprint density at radius 2 is 1.97 bits per heavy atom. The molecule has 2 amide bonds. The van der Waals surface area contributed by atoms with Gasteiger partial charge < -0.3 is 20.1 Å². The van der Waals surface area contributed by atoms with Gasteiger partial charge in [0.1, 0.15) is 22.9 Å². The van der Waals surface area contributed by atoms with Gasteiger partial charge in [-0.3, -0.25) is 14.3 Å². The number of aryl methyl sites for hydroxylation is 1. The van der Waals surface area contributed by atoms with Gasteiger partial charge in [-0.2, -0.15) is 5.10 Å². The average Bonchev–Trinajstić information content (AvgIpc) is 3.05. The van der Waals surface area contributed by atoms with Gasteiger partial charge in [0, 0.05) is 44.0 Å². The molecule has 9 heteroatoms. The number of carbonyl (C=O) groups excluding carboxylic acids is 2. The lowest BCUT2D eigenvalue weighted by Gasteiger charge is -2.30. The Labute approximate surface area is 166 Å². The first-order valence-electron chi connectivity index (χ1n) is 9.06. The van der Waals surface area contributed by atoms with E-state index in [0.717, 1.165) is 19.5 Å². The topological polar surface area (TPSA) is 110 Å². The van der Waals surface area contributed by atoms with Crippen LogP contribution >= 0.6 is 0 Å². The van der Waals surface area contributed by atoms with Crippen LogP contribution < -0.4 is 10.1 Å². The number of anilines is 1. The maximum Gasteiger partial charge on any atom is 0.272 e. The van der Waals surface area contributed by atoms with Crippen molar-refractivity contribution < 1.29 is 19.4 Å². The molecule has 0 unspecified atom stereocenters. The molecule has 4 rings (SSSR count). The predicted molar refractivity (Wildman–Crippen MR) is 104 cm³/mol. The van der Waals surface area contributed by atoms with Crippen LogP contribution in [0.15, 0.2) is 48.8 Å². The number of hydrogen-bond acceptors (Lipinski definition) is 6. The molecule has 1 aliphatic rings. The number of phenols is 1. The zero-order valence-electron chi connectivity index (χ0n) is 15.7. The summed E-state index contributed by atoms with van der Waals surface area (Å²) in [7, 11) is 1.74. The number of ether oxygens (including phenoxy) is 1. The Morgan fingerprint density at radius 1 is 1.14 bits per heavy atom. The molecule has 0 radical (unpaired) electrons.